The van der Waals surface area contributed by atoms with E-state index in [9.17, 15) is 9.59 Å². The average Bonchev–Trinajstić information content (AvgIpc) is 2.63. The molecule has 0 radical (unpaired) electrons. The topological polar surface area (TPSA) is 49.4 Å². The summed E-state index contributed by atoms with van der Waals surface area (Å²) in [7, 11) is 0. The van der Waals surface area contributed by atoms with Gasteiger partial charge in [0, 0.05) is 30.3 Å². The Morgan fingerprint density at radius 3 is 2.50 bits per heavy atom. The highest BCUT2D eigenvalue weighted by Gasteiger charge is 2.26. The SMILES string of the molecule is Cc1ccc(C(=O)N2CC(C)CC(C)C2)cc1NC(=O)C1CC=CCC1. The summed E-state index contributed by atoms with van der Waals surface area (Å²) >= 11 is 0. The Kier molecular flexibility index (Phi) is 5.80. The van der Waals surface area contributed by atoms with Gasteiger partial charge in [-0.1, -0.05) is 32.1 Å². The summed E-state index contributed by atoms with van der Waals surface area (Å²) in [5, 5.41) is 3.05. The molecule has 2 amide bonds. The number of hydrogen-bond acceptors (Lipinski definition) is 2. The van der Waals surface area contributed by atoms with Crippen LogP contribution in [0.1, 0.15) is 55.5 Å². The second kappa shape index (κ2) is 8.07. The number of carbonyl (C=O) groups is 2. The van der Waals surface area contributed by atoms with E-state index in [4.69, 9.17) is 0 Å². The largest absolute Gasteiger partial charge is 0.338 e. The Bertz CT molecular complexity index is 700. The molecule has 3 rings (SSSR count). The first kappa shape index (κ1) is 18.7. The van der Waals surface area contributed by atoms with Crippen LogP contribution in [0.15, 0.2) is 30.4 Å². The molecule has 140 valence electrons. The van der Waals surface area contributed by atoms with Crippen LogP contribution in [0.3, 0.4) is 0 Å². The first-order valence-corrected chi connectivity index (χ1v) is 9.80. The first-order valence-electron chi connectivity index (χ1n) is 9.80. The predicted octanol–water partition coefficient (Wildman–Crippen LogP) is 4.41. The third-order valence-corrected chi connectivity index (χ3v) is 5.54. The van der Waals surface area contributed by atoms with Crippen LogP contribution in [0.25, 0.3) is 0 Å². The maximum absolute atomic E-state index is 12.9. The van der Waals surface area contributed by atoms with Crippen molar-refractivity contribution >= 4 is 17.5 Å². The molecule has 1 aromatic carbocycles. The molecule has 1 aliphatic carbocycles. The molecule has 0 saturated carbocycles. The molecule has 3 unspecified atom stereocenters. The molecular weight excluding hydrogens is 324 g/mol. The fraction of sp³-hybridized carbons (Fsp3) is 0.545. The summed E-state index contributed by atoms with van der Waals surface area (Å²) in [5.74, 6) is 1.22. The minimum Gasteiger partial charge on any atom is -0.338 e. The molecule has 0 spiro atoms. The second-order valence-electron chi connectivity index (χ2n) is 8.16. The first-order chi connectivity index (χ1) is 12.4. The molecule has 4 nitrogen and oxygen atoms in total. The summed E-state index contributed by atoms with van der Waals surface area (Å²) in [6, 6.07) is 5.65. The fourth-order valence-corrected chi connectivity index (χ4v) is 4.17. The van der Waals surface area contributed by atoms with Crippen LogP contribution in [-0.4, -0.2) is 29.8 Å². The lowest BCUT2D eigenvalue weighted by atomic mass is 9.91. The van der Waals surface area contributed by atoms with E-state index in [1.54, 1.807) is 0 Å². The fourth-order valence-electron chi connectivity index (χ4n) is 4.17. The van der Waals surface area contributed by atoms with Crippen molar-refractivity contribution in [3.8, 4) is 0 Å². The van der Waals surface area contributed by atoms with E-state index in [1.807, 2.05) is 30.0 Å². The predicted molar refractivity (Wildman–Crippen MR) is 105 cm³/mol. The number of nitrogens with zero attached hydrogens (tertiary/aromatic N) is 1. The van der Waals surface area contributed by atoms with Gasteiger partial charge in [0.15, 0.2) is 0 Å². The van der Waals surface area contributed by atoms with Gasteiger partial charge in [0.2, 0.25) is 5.91 Å². The third-order valence-electron chi connectivity index (χ3n) is 5.54. The number of benzene rings is 1. The number of hydrogen-bond donors (Lipinski definition) is 1. The molecule has 1 saturated heterocycles. The van der Waals surface area contributed by atoms with Crippen LogP contribution in [0.2, 0.25) is 0 Å². The normalized spacial score (nSPS) is 25.8. The van der Waals surface area contributed by atoms with Crippen LogP contribution in [-0.2, 0) is 4.79 Å². The third kappa shape index (κ3) is 4.35. The minimum atomic E-state index is 0.0301. The van der Waals surface area contributed by atoms with Crippen molar-refractivity contribution in [1.82, 2.24) is 4.90 Å². The van der Waals surface area contributed by atoms with Gasteiger partial charge in [-0.25, -0.2) is 0 Å². The van der Waals surface area contributed by atoms with E-state index in [1.165, 1.54) is 6.42 Å². The number of allylic oxidation sites excluding steroid dienone is 2. The Morgan fingerprint density at radius 1 is 1.12 bits per heavy atom. The number of anilines is 1. The van der Waals surface area contributed by atoms with Crippen molar-refractivity contribution < 1.29 is 9.59 Å². The number of carbonyl (C=O) groups excluding carboxylic acids is 2. The smallest absolute Gasteiger partial charge is 0.253 e. The molecule has 1 N–H and O–H groups in total. The van der Waals surface area contributed by atoms with Crippen LogP contribution >= 0.6 is 0 Å². The van der Waals surface area contributed by atoms with E-state index >= 15 is 0 Å². The summed E-state index contributed by atoms with van der Waals surface area (Å²) < 4.78 is 0. The number of amides is 2. The summed E-state index contributed by atoms with van der Waals surface area (Å²) in [6.45, 7) is 8.00. The summed E-state index contributed by atoms with van der Waals surface area (Å²) in [6.07, 6.45) is 8.04. The lowest BCUT2D eigenvalue weighted by molar-refractivity contribution is -0.120. The van der Waals surface area contributed by atoms with Crippen LogP contribution < -0.4 is 5.32 Å². The molecule has 1 aromatic rings. The standard InChI is InChI=1S/C22H30N2O2/c1-15-11-16(2)14-24(13-15)22(26)19-10-9-17(3)20(12-19)23-21(25)18-7-5-4-6-8-18/h4-5,9-10,12,15-16,18H,6-8,11,13-14H2,1-3H3,(H,23,25). The van der Waals surface area contributed by atoms with Gasteiger partial charge >= 0.3 is 0 Å². The van der Waals surface area contributed by atoms with Crippen molar-refractivity contribution in [3.63, 3.8) is 0 Å². The van der Waals surface area contributed by atoms with Crippen molar-refractivity contribution in [3.05, 3.63) is 41.5 Å². The number of likely N-dealkylation sites (tertiary alicyclic amines) is 1. The second-order valence-corrected chi connectivity index (χ2v) is 8.16. The molecule has 1 fully saturated rings. The molecule has 2 aliphatic rings. The number of nitrogens with one attached hydrogen (secondary N) is 1. The van der Waals surface area contributed by atoms with Crippen molar-refractivity contribution in [2.24, 2.45) is 17.8 Å². The molecule has 4 heteroatoms. The molecule has 3 atom stereocenters. The molecule has 26 heavy (non-hydrogen) atoms. The van der Waals surface area contributed by atoms with E-state index in [0.717, 1.165) is 43.6 Å². The van der Waals surface area contributed by atoms with Gasteiger partial charge in [-0.3, -0.25) is 9.59 Å². The van der Waals surface area contributed by atoms with Crippen molar-refractivity contribution in [2.75, 3.05) is 18.4 Å². The number of aryl methyl sites for hydroxylation is 1. The molecule has 0 aromatic heterocycles. The van der Waals surface area contributed by atoms with E-state index in [-0.39, 0.29) is 17.7 Å². The molecule has 1 heterocycles. The van der Waals surface area contributed by atoms with Gasteiger partial charge in [-0.2, -0.15) is 0 Å². The molecular formula is C22H30N2O2. The summed E-state index contributed by atoms with van der Waals surface area (Å²) in [5.41, 5.74) is 2.41. The van der Waals surface area contributed by atoms with Gasteiger partial charge < -0.3 is 10.2 Å². The molecule has 1 aliphatic heterocycles. The monoisotopic (exact) mass is 354 g/mol. The quantitative estimate of drug-likeness (QED) is 0.818. The lowest BCUT2D eigenvalue weighted by Gasteiger charge is -2.35. The zero-order valence-electron chi connectivity index (χ0n) is 16.1. The van der Waals surface area contributed by atoms with Crippen LogP contribution in [0.4, 0.5) is 5.69 Å². The Balaban J connectivity index is 1.73. The molecule has 0 bridgehead atoms. The summed E-state index contributed by atoms with van der Waals surface area (Å²) in [4.78, 5) is 27.5. The van der Waals surface area contributed by atoms with Gasteiger partial charge in [-0.15, -0.1) is 0 Å². The lowest BCUT2D eigenvalue weighted by Crippen LogP contribution is -2.42. The maximum Gasteiger partial charge on any atom is 0.253 e. The van der Waals surface area contributed by atoms with Gasteiger partial charge in [0.05, 0.1) is 0 Å². The maximum atomic E-state index is 12.9. The Labute approximate surface area is 156 Å². The van der Waals surface area contributed by atoms with Gasteiger partial charge in [-0.05, 0) is 62.1 Å². The van der Waals surface area contributed by atoms with Crippen LogP contribution in [0.5, 0.6) is 0 Å². The minimum absolute atomic E-state index is 0.0301. The van der Waals surface area contributed by atoms with Crippen LogP contribution in [0, 0.1) is 24.7 Å². The number of rotatable bonds is 3. The highest BCUT2D eigenvalue weighted by Crippen LogP contribution is 2.25. The van der Waals surface area contributed by atoms with Crippen molar-refractivity contribution in [2.45, 2.75) is 46.5 Å². The van der Waals surface area contributed by atoms with Gasteiger partial charge in [0.25, 0.3) is 5.91 Å². The average molecular weight is 354 g/mol. The highest BCUT2D eigenvalue weighted by molar-refractivity contribution is 5.98. The van der Waals surface area contributed by atoms with E-state index < -0.39 is 0 Å². The van der Waals surface area contributed by atoms with Crippen molar-refractivity contribution in [1.29, 1.82) is 0 Å². The Morgan fingerprint density at radius 2 is 1.85 bits per heavy atom. The Hall–Kier alpha value is -2.10. The zero-order chi connectivity index (χ0) is 18.7. The number of piperidine rings is 1. The zero-order valence-corrected chi connectivity index (χ0v) is 16.1. The van der Waals surface area contributed by atoms with E-state index in [0.29, 0.717) is 17.4 Å². The van der Waals surface area contributed by atoms with Gasteiger partial charge in [0.1, 0.15) is 0 Å². The highest BCUT2D eigenvalue weighted by atomic mass is 16.2. The van der Waals surface area contributed by atoms with E-state index in [2.05, 4.69) is 31.3 Å².